The Hall–Kier alpha value is -3.27. The third-order valence-electron chi connectivity index (χ3n) is 7.07. The molecular weight excluding hydrogens is 589 g/mol. The number of carbonyl (C=O) groups excluding carboxylic acids is 2. The van der Waals surface area contributed by atoms with Gasteiger partial charge in [-0.25, -0.2) is 14.0 Å². The molecule has 9 heteroatoms. The zero-order valence-corrected chi connectivity index (χ0v) is 25.7. The lowest BCUT2D eigenvalue weighted by Crippen LogP contribution is -2.33. The number of hydrogen-bond donors (Lipinski definition) is 1. The van der Waals surface area contributed by atoms with Crippen LogP contribution in [0.4, 0.5) is 10.1 Å². The normalized spacial score (nSPS) is 12.8. The van der Waals surface area contributed by atoms with Crippen molar-refractivity contribution in [1.29, 1.82) is 0 Å². The highest BCUT2D eigenvalue weighted by molar-refractivity contribution is 9.10. The summed E-state index contributed by atoms with van der Waals surface area (Å²) in [6.07, 6.45) is 0. The van der Waals surface area contributed by atoms with Gasteiger partial charge in [0, 0.05) is 29.7 Å². The van der Waals surface area contributed by atoms with Crippen LogP contribution in [0.5, 0.6) is 0 Å². The minimum Gasteiger partial charge on any atom is -0.462 e. The van der Waals surface area contributed by atoms with Crippen molar-refractivity contribution in [2.75, 3.05) is 52.2 Å². The van der Waals surface area contributed by atoms with Gasteiger partial charge in [0.1, 0.15) is 13.2 Å². The highest BCUT2D eigenvalue weighted by Gasteiger charge is 2.37. The van der Waals surface area contributed by atoms with E-state index < -0.39 is 17.6 Å². The van der Waals surface area contributed by atoms with Crippen LogP contribution in [-0.4, -0.2) is 68.2 Å². The molecule has 0 heterocycles. The van der Waals surface area contributed by atoms with Crippen LogP contribution in [-0.2, 0) is 26.5 Å². The fourth-order valence-corrected chi connectivity index (χ4v) is 4.76. The van der Waals surface area contributed by atoms with Crippen molar-refractivity contribution in [2.45, 2.75) is 33.0 Å². The standard InChI is InChI=1S/C32H39BrFN3O4/c1-5-37(6-2)22-26-20-25(21-28(33)29(26)35)30(38)40-18-16-36(4)17-19-41-31(39)32(3,34)27-14-12-24(13-15-27)23-10-8-7-9-11-23/h7-15,20-21H,5-6,16-19,22,35H2,1-4H3. The van der Waals surface area contributed by atoms with Crippen LogP contribution in [0.25, 0.3) is 11.1 Å². The van der Waals surface area contributed by atoms with E-state index in [0.717, 1.165) is 29.8 Å². The number of likely N-dealkylation sites (N-methyl/N-ethyl adjacent to an activating group) is 1. The maximum atomic E-state index is 15.4. The number of rotatable bonds is 14. The number of esters is 2. The van der Waals surface area contributed by atoms with Crippen molar-refractivity contribution in [3.63, 3.8) is 0 Å². The van der Waals surface area contributed by atoms with Gasteiger partial charge in [-0.1, -0.05) is 68.4 Å². The van der Waals surface area contributed by atoms with Gasteiger partial charge >= 0.3 is 11.9 Å². The first-order valence-electron chi connectivity index (χ1n) is 13.7. The molecule has 0 amide bonds. The highest BCUT2D eigenvalue weighted by Crippen LogP contribution is 2.30. The molecule has 0 fully saturated rings. The Kier molecular flexibility index (Phi) is 11.9. The summed E-state index contributed by atoms with van der Waals surface area (Å²) in [5, 5.41) is 0. The molecule has 220 valence electrons. The monoisotopic (exact) mass is 627 g/mol. The van der Waals surface area contributed by atoms with E-state index in [4.69, 9.17) is 15.2 Å². The van der Waals surface area contributed by atoms with E-state index in [2.05, 4.69) is 34.7 Å². The Morgan fingerprint density at radius 2 is 1.51 bits per heavy atom. The number of ether oxygens (including phenoxy) is 2. The van der Waals surface area contributed by atoms with Crippen molar-refractivity contribution in [1.82, 2.24) is 9.80 Å². The van der Waals surface area contributed by atoms with E-state index in [1.165, 1.54) is 6.92 Å². The van der Waals surface area contributed by atoms with Gasteiger partial charge < -0.3 is 15.2 Å². The Bertz CT molecular complexity index is 1300. The largest absolute Gasteiger partial charge is 0.462 e. The molecule has 0 aliphatic heterocycles. The highest BCUT2D eigenvalue weighted by atomic mass is 79.9. The minimum absolute atomic E-state index is 0.00448. The summed E-state index contributed by atoms with van der Waals surface area (Å²) in [5.41, 5.74) is 8.01. The van der Waals surface area contributed by atoms with E-state index in [1.807, 2.05) is 35.2 Å². The topological polar surface area (TPSA) is 85.1 Å². The van der Waals surface area contributed by atoms with Crippen molar-refractivity contribution >= 4 is 33.6 Å². The molecule has 0 aliphatic rings. The van der Waals surface area contributed by atoms with Crippen LogP contribution in [0.2, 0.25) is 0 Å². The molecule has 3 rings (SSSR count). The molecule has 1 unspecified atom stereocenters. The van der Waals surface area contributed by atoms with E-state index in [-0.39, 0.29) is 18.8 Å². The van der Waals surface area contributed by atoms with Gasteiger partial charge in [-0.15, -0.1) is 0 Å². The first kappa shape index (κ1) is 32.2. The number of anilines is 1. The van der Waals surface area contributed by atoms with E-state index in [0.29, 0.717) is 35.4 Å². The lowest BCUT2D eigenvalue weighted by Gasteiger charge is -2.21. The lowest BCUT2D eigenvalue weighted by molar-refractivity contribution is -0.157. The summed E-state index contributed by atoms with van der Waals surface area (Å²) in [6.45, 7) is 8.65. The number of alkyl halides is 1. The number of nitrogens with two attached hydrogens (primary N) is 1. The SMILES string of the molecule is CCN(CC)Cc1cc(C(=O)OCCN(C)CCOC(=O)C(C)(F)c2ccc(-c3ccccc3)cc2)cc(Br)c1N. The average molecular weight is 629 g/mol. The second kappa shape index (κ2) is 15.1. The van der Waals surface area contributed by atoms with Crippen molar-refractivity contribution in [2.24, 2.45) is 0 Å². The summed E-state index contributed by atoms with van der Waals surface area (Å²) in [7, 11) is 1.81. The van der Waals surface area contributed by atoms with Crippen LogP contribution in [0.1, 0.15) is 42.3 Å². The molecule has 0 bridgehead atoms. The molecule has 0 saturated carbocycles. The minimum atomic E-state index is -2.28. The third kappa shape index (κ3) is 8.86. The maximum Gasteiger partial charge on any atom is 0.348 e. The Morgan fingerprint density at radius 1 is 0.927 bits per heavy atom. The molecule has 0 spiro atoms. The average Bonchev–Trinajstić information content (AvgIpc) is 2.98. The molecule has 41 heavy (non-hydrogen) atoms. The van der Waals surface area contributed by atoms with Crippen molar-refractivity contribution in [3.05, 3.63) is 87.9 Å². The van der Waals surface area contributed by atoms with E-state index in [9.17, 15) is 9.59 Å². The first-order chi connectivity index (χ1) is 19.6. The fourth-order valence-electron chi connectivity index (χ4n) is 4.25. The van der Waals surface area contributed by atoms with Gasteiger partial charge in [0.2, 0.25) is 5.67 Å². The van der Waals surface area contributed by atoms with Crippen LogP contribution in [0.15, 0.2) is 71.2 Å². The second-order valence-corrected chi connectivity index (χ2v) is 10.9. The Labute approximate surface area is 250 Å². The van der Waals surface area contributed by atoms with Crippen LogP contribution >= 0.6 is 15.9 Å². The molecule has 0 radical (unpaired) electrons. The van der Waals surface area contributed by atoms with Gasteiger partial charge in [0.25, 0.3) is 0 Å². The summed E-state index contributed by atoms with van der Waals surface area (Å²) in [5.74, 6) is -1.39. The van der Waals surface area contributed by atoms with Crippen molar-refractivity contribution < 1.29 is 23.5 Å². The van der Waals surface area contributed by atoms with Gasteiger partial charge in [-0.3, -0.25) is 9.80 Å². The van der Waals surface area contributed by atoms with E-state index >= 15 is 4.39 Å². The predicted octanol–water partition coefficient (Wildman–Crippen LogP) is 6.06. The predicted molar refractivity (Wildman–Crippen MR) is 164 cm³/mol. The molecule has 3 aromatic carbocycles. The van der Waals surface area contributed by atoms with Crippen LogP contribution in [0.3, 0.4) is 0 Å². The number of carbonyl (C=O) groups is 2. The molecule has 1 atom stereocenters. The van der Waals surface area contributed by atoms with Gasteiger partial charge in [0.05, 0.1) is 11.3 Å². The molecule has 0 aromatic heterocycles. The molecule has 0 aliphatic carbocycles. The third-order valence-corrected chi connectivity index (χ3v) is 7.73. The summed E-state index contributed by atoms with van der Waals surface area (Å²) < 4.78 is 26.7. The first-order valence-corrected chi connectivity index (χ1v) is 14.5. The van der Waals surface area contributed by atoms with Gasteiger partial charge in [0.15, 0.2) is 0 Å². The van der Waals surface area contributed by atoms with E-state index in [1.54, 1.807) is 43.4 Å². The number of nitrogen functional groups attached to an aromatic ring is 1. The van der Waals surface area contributed by atoms with Crippen LogP contribution in [0, 0.1) is 0 Å². The zero-order valence-electron chi connectivity index (χ0n) is 24.2. The van der Waals surface area contributed by atoms with Gasteiger partial charge in [-0.05, 0) is 71.8 Å². The number of hydrogen-bond acceptors (Lipinski definition) is 7. The summed E-state index contributed by atoms with van der Waals surface area (Å²) in [4.78, 5) is 29.3. The fraction of sp³-hybridized carbons (Fsp3) is 0.375. The smallest absolute Gasteiger partial charge is 0.348 e. The molecule has 0 saturated heterocycles. The number of halogens is 2. The van der Waals surface area contributed by atoms with Gasteiger partial charge in [-0.2, -0.15) is 0 Å². The quantitative estimate of drug-likeness (QED) is 0.172. The molecule has 2 N–H and O–H groups in total. The summed E-state index contributed by atoms with van der Waals surface area (Å²) in [6, 6.07) is 20.0. The Balaban J connectivity index is 1.45. The maximum absolute atomic E-state index is 15.4. The van der Waals surface area contributed by atoms with Crippen LogP contribution < -0.4 is 5.73 Å². The number of benzene rings is 3. The number of nitrogens with zero attached hydrogens (tertiary/aromatic N) is 2. The summed E-state index contributed by atoms with van der Waals surface area (Å²) >= 11 is 3.44. The zero-order chi connectivity index (χ0) is 30.0. The molecule has 7 nitrogen and oxygen atoms in total. The molecule has 3 aromatic rings. The Morgan fingerprint density at radius 3 is 2.12 bits per heavy atom. The molecular formula is C32H39BrFN3O4. The lowest BCUT2D eigenvalue weighted by atomic mass is 9.95. The second-order valence-electron chi connectivity index (χ2n) is 10.0. The van der Waals surface area contributed by atoms with Crippen molar-refractivity contribution in [3.8, 4) is 11.1 Å².